The molecule has 0 aromatic heterocycles. The summed E-state index contributed by atoms with van der Waals surface area (Å²) in [7, 11) is 0. The van der Waals surface area contributed by atoms with E-state index >= 15 is 0 Å². The van der Waals surface area contributed by atoms with Crippen molar-refractivity contribution in [3.05, 3.63) is 0 Å². The first-order valence-electron chi connectivity index (χ1n) is 7.02. The fourth-order valence-corrected chi connectivity index (χ4v) is 2.80. The molecule has 2 fully saturated rings. The molecule has 0 aromatic carbocycles. The topological polar surface area (TPSA) is 57.6 Å². The zero-order chi connectivity index (χ0) is 13.3. The van der Waals surface area contributed by atoms with Crippen LogP contribution in [0.15, 0.2) is 0 Å². The van der Waals surface area contributed by atoms with Gasteiger partial charge in [0, 0.05) is 18.5 Å². The summed E-state index contributed by atoms with van der Waals surface area (Å²) in [4.78, 5) is 25.4. The lowest BCUT2D eigenvalue weighted by Gasteiger charge is -2.29. The zero-order valence-corrected chi connectivity index (χ0v) is 11.3. The second kappa shape index (κ2) is 5.29. The Balaban J connectivity index is 1.93. The van der Waals surface area contributed by atoms with E-state index in [-0.39, 0.29) is 23.8 Å². The summed E-state index contributed by atoms with van der Waals surface area (Å²) in [5.74, 6) is -0.251. The minimum atomic E-state index is -0.747. The summed E-state index contributed by atoms with van der Waals surface area (Å²) in [6, 6.07) is 0.224. The van der Waals surface area contributed by atoms with Crippen molar-refractivity contribution in [2.24, 2.45) is 17.8 Å². The molecule has 18 heavy (non-hydrogen) atoms. The molecule has 0 radical (unpaired) electrons. The van der Waals surface area contributed by atoms with Gasteiger partial charge in [-0.15, -0.1) is 0 Å². The molecule has 2 unspecified atom stereocenters. The van der Waals surface area contributed by atoms with E-state index in [1.165, 1.54) is 12.8 Å². The summed E-state index contributed by atoms with van der Waals surface area (Å²) >= 11 is 0. The number of carboxylic acids is 1. The Hall–Kier alpha value is -1.06. The van der Waals surface area contributed by atoms with E-state index in [2.05, 4.69) is 0 Å². The fourth-order valence-electron chi connectivity index (χ4n) is 2.80. The maximum Gasteiger partial charge on any atom is 0.306 e. The Kier molecular flexibility index (Phi) is 3.93. The molecule has 4 nitrogen and oxygen atoms in total. The lowest BCUT2D eigenvalue weighted by atomic mass is 10.0. The number of aliphatic carboxylic acids is 1. The SMILES string of the molecule is CC(C)N(CC1CC1)C(=O)C1CCC(C(=O)O)C1. The summed E-state index contributed by atoms with van der Waals surface area (Å²) in [6.45, 7) is 4.96. The number of carbonyl (C=O) groups excluding carboxylic acids is 1. The number of hydrogen-bond acceptors (Lipinski definition) is 2. The Labute approximate surface area is 108 Å². The molecule has 2 aliphatic rings. The van der Waals surface area contributed by atoms with E-state index in [0.717, 1.165) is 13.0 Å². The molecular formula is C14H23NO3. The van der Waals surface area contributed by atoms with E-state index in [9.17, 15) is 9.59 Å². The molecule has 1 N–H and O–H groups in total. The Morgan fingerprint density at radius 2 is 1.78 bits per heavy atom. The molecule has 4 heteroatoms. The number of hydrogen-bond donors (Lipinski definition) is 1. The first-order chi connectivity index (χ1) is 8.49. The maximum atomic E-state index is 12.5. The van der Waals surface area contributed by atoms with Gasteiger partial charge >= 0.3 is 5.97 Å². The number of carbonyl (C=O) groups is 2. The monoisotopic (exact) mass is 253 g/mol. The normalized spacial score (nSPS) is 27.5. The second-order valence-corrected chi connectivity index (χ2v) is 6.07. The highest BCUT2D eigenvalue weighted by Crippen LogP contribution is 2.35. The van der Waals surface area contributed by atoms with Crippen LogP contribution in [0.25, 0.3) is 0 Å². The number of nitrogens with zero attached hydrogens (tertiary/aromatic N) is 1. The van der Waals surface area contributed by atoms with E-state index in [1.807, 2.05) is 18.7 Å². The van der Waals surface area contributed by atoms with Crippen molar-refractivity contribution < 1.29 is 14.7 Å². The van der Waals surface area contributed by atoms with Crippen LogP contribution in [0.4, 0.5) is 0 Å². The van der Waals surface area contributed by atoms with E-state index in [1.54, 1.807) is 0 Å². The van der Waals surface area contributed by atoms with Crippen molar-refractivity contribution in [1.29, 1.82) is 0 Å². The molecule has 2 saturated carbocycles. The predicted molar refractivity (Wildman–Crippen MR) is 68.0 cm³/mol. The fraction of sp³-hybridized carbons (Fsp3) is 0.857. The summed E-state index contributed by atoms with van der Waals surface area (Å²) < 4.78 is 0. The molecule has 2 aliphatic carbocycles. The highest BCUT2D eigenvalue weighted by atomic mass is 16.4. The first kappa shape index (κ1) is 13.4. The molecule has 0 bridgehead atoms. The minimum Gasteiger partial charge on any atom is -0.481 e. The molecule has 1 amide bonds. The molecule has 0 spiro atoms. The quantitative estimate of drug-likeness (QED) is 0.816. The molecular weight excluding hydrogens is 230 g/mol. The lowest BCUT2D eigenvalue weighted by molar-refractivity contribution is -0.142. The van der Waals surface area contributed by atoms with Gasteiger partial charge in [0.25, 0.3) is 0 Å². The van der Waals surface area contributed by atoms with Crippen molar-refractivity contribution in [2.45, 2.75) is 52.0 Å². The van der Waals surface area contributed by atoms with Gasteiger partial charge in [-0.1, -0.05) is 0 Å². The number of rotatable bonds is 5. The summed E-state index contributed by atoms with van der Waals surface area (Å²) in [5, 5.41) is 8.99. The van der Waals surface area contributed by atoms with Crippen molar-refractivity contribution in [2.75, 3.05) is 6.54 Å². The van der Waals surface area contributed by atoms with Gasteiger partial charge in [0.1, 0.15) is 0 Å². The van der Waals surface area contributed by atoms with Crippen LogP contribution in [0.5, 0.6) is 0 Å². The van der Waals surface area contributed by atoms with Crippen molar-refractivity contribution in [1.82, 2.24) is 4.90 Å². The number of amides is 1. The maximum absolute atomic E-state index is 12.5. The predicted octanol–water partition coefficient (Wildman–Crippen LogP) is 2.13. The van der Waals surface area contributed by atoms with Gasteiger partial charge in [-0.25, -0.2) is 0 Å². The molecule has 2 rings (SSSR count). The Morgan fingerprint density at radius 3 is 2.22 bits per heavy atom. The van der Waals surface area contributed by atoms with Crippen molar-refractivity contribution in [3.63, 3.8) is 0 Å². The third-order valence-electron chi connectivity index (χ3n) is 4.19. The van der Waals surface area contributed by atoms with Gasteiger partial charge in [0.05, 0.1) is 5.92 Å². The van der Waals surface area contributed by atoms with Gasteiger partial charge in [-0.2, -0.15) is 0 Å². The van der Waals surface area contributed by atoms with Crippen LogP contribution in [-0.2, 0) is 9.59 Å². The van der Waals surface area contributed by atoms with Crippen LogP contribution < -0.4 is 0 Å². The molecule has 0 heterocycles. The molecule has 0 saturated heterocycles. The van der Waals surface area contributed by atoms with Gasteiger partial charge in [0.2, 0.25) is 5.91 Å². The molecule has 0 aliphatic heterocycles. The van der Waals surface area contributed by atoms with Gasteiger partial charge in [-0.05, 0) is 51.9 Å². The minimum absolute atomic E-state index is 0.0627. The largest absolute Gasteiger partial charge is 0.481 e. The first-order valence-corrected chi connectivity index (χ1v) is 7.02. The van der Waals surface area contributed by atoms with Crippen LogP contribution in [0.2, 0.25) is 0 Å². The lowest BCUT2D eigenvalue weighted by Crippen LogP contribution is -2.41. The summed E-state index contributed by atoms with van der Waals surface area (Å²) in [6.07, 6.45) is 4.39. The van der Waals surface area contributed by atoms with Crippen LogP contribution in [0, 0.1) is 17.8 Å². The summed E-state index contributed by atoms with van der Waals surface area (Å²) in [5.41, 5.74) is 0. The van der Waals surface area contributed by atoms with Crippen molar-refractivity contribution >= 4 is 11.9 Å². The van der Waals surface area contributed by atoms with Gasteiger partial charge in [0.15, 0.2) is 0 Å². The Bertz CT molecular complexity index is 336. The van der Waals surface area contributed by atoms with E-state index < -0.39 is 5.97 Å². The molecule has 102 valence electrons. The molecule has 0 aromatic rings. The average molecular weight is 253 g/mol. The van der Waals surface area contributed by atoms with Gasteiger partial charge < -0.3 is 10.0 Å². The van der Waals surface area contributed by atoms with Crippen LogP contribution in [0.1, 0.15) is 46.0 Å². The van der Waals surface area contributed by atoms with E-state index in [4.69, 9.17) is 5.11 Å². The highest BCUT2D eigenvalue weighted by molar-refractivity contribution is 5.81. The average Bonchev–Trinajstić information content (AvgIpc) is 2.97. The molecule has 2 atom stereocenters. The Morgan fingerprint density at radius 1 is 1.17 bits per heavy atom. The van der Waals surface area contributed by atoms with Crippen LogP contribution >= 0.6 is 0 Å². The van der Waals surface area contributed by atoms with Gasteiger partial charge in [-0.3, -0.25) is 9.59 Å². The third kappa shape index (κ3) is 3.03. The number of carboxylic acid groups (broad SMARTS) is 1. The second-order valence-electron chi connectivity index (χ2n) is 6.07. The van der Waals surface area contributed by atoms with Crippen LogP contribution in [0.3, 0.4) is 0 Å². The van der Waals surface area contributed by atoms with E-state index in [0.29, 0.717) is 18.8 Å². The standard InChI is InChI=1S/C14H23NO3/c1-9(2)15(8-10-3-4-10)13(16)11-5-6-12(7-11)14(17)18/h9-12H,3-8H2,1-2H3,(H,17,18). The van der Waals surface area contributed by atoms with Crippen LogP contribution in [-0.4, -0.2) is 34.5 Å². The third-order valence-corrected chi connectivity index (χ3v) is 4.19. The van der Waals surface area contributed by atoms with Crippen molar-refractivity contribution in [3.8, 4) is 0 Å². The highest BCUT2D eigenvalue weighted by Gasteiger charge is 2.37. The smallest absolute Gasteiger partial charge is 0.306 e. The zero-order valence-electron chi connectivity index (χ0n) is 11.3.